The topological polar surface area (TPSA) is 40.5 Å². The SMILES string of the molecule is O=C(O)N1C=CC2SC=CC2C1. The molecule has 0 fully saturated rings. The van der Waals surface area contributed by atoms with Crippen LogP contribution < -0.4 is 0 Å². The van der Waals surface area contributed by atoms with Gasteiger partial charge in [-0.3, -0.25) is 4.90 Å². The van der Waals surface area contributed by atoms with Gasteiger partial charge in [0.1, 0.15) is 0 Å². The second-order valence-corrected chi connectivity index (χ2v) is 3.96. The lowest BCUT2D eigenvalue weighted by molar-refractivity contribution is 0.157. The standard InChI is InChI=1S/C8H9NO2S/c10-8(11)9-3-1-7-6(5-9)2-4-12-7/h1-4,6-7H,5H2,(H,10,11). The molecule has 0 aliphatic carbocycles. The van der Waals surface area contributed by atoms with Crippen molar-refractivity contribution in [3.05, 3.63) is 23.8 Å². The molecule has 0 spiro atoms. The number of thioether (sulfide) groups is 1. The number of carboxylic acid groups (broad SMARTS) is 1. The smallest absolute Gasteiger partial charge is 0.411 e. The summed E-state index contributed by atoms with van der Waals surface area (Å²) in [6, 6.07) is 0. The summed E-state index contributed by atoms with van der Waals surface area (Å²) in [5.41, 5.74) is 0. The molecule has 0 radical (unpaired) electrons. The molecule has 2 aliphatic heterocycles. The van der Waals surface area contributed by atoms with Crippen LogP contribution in [0.15, 0.2) is 23.8 Å². The Kier molecular flexibility index (Phi) is 1.84. The zero-order valence-electron chi connectivity index (χ0n) is 6.38. The van der Waals surface area contributed by atoms with Crippen molar-refractivity contribution in [2.24, 2.45) is 5.92 Å². The summed E-state index contributed by atoms with van der Waals surface area (Å²) in [5, 5.41) is 11.2. The highest BCUT2D eigenvalue weighted by Crippen LogP contribution is 2.33. The molecule has 2 heterocycles. The second-order valence-electron chi connectivity index (χ2n) is 2.87. The highest BCUT2D eigenvalue weighted by molar-refractivity contribution is 8.03. The minimum atomic E-state index is -0.866. The lowest BCUT2D eigenvalue weighted by Crippen LogP contribution is -2.35. The Morgan fingerprint density at radius 1 is 1.58 bits per heavy atom. The summed E-state index contributed by atoms with van der Waals surface area (Å²) in [6.07, 6.45) is 4.82. The molecule has 0 aromatic heterocycles. The summed E-state index contributed by atoms with van der Waals surface area (Å²) < 4.78 is 0. The first-order valence-corrected chi connectivity index (χ1v) is 4.71. The van der Waals surface area contributed by atoms with Crippen LogP contribution in [0.4, 0.5) is 4.79 Å². The normalized spacial score (nSPS) is 32.2. The second kappa shape index (κ2) is 2.86. The molecule has 0 aromatic carbocycles. The van der Waals surface area contributed by atoms with Crippen molar-refractivity contribution in [3.8, 4) is 0 Å². The van der Waals surface area contributed by atoms with E-state index in [1.807, 2.05) is 11.5 Å². The van der Waals surface area contributed by atoms with Crippen molar-refractivity contribution < 1.29 is 9.90 Å². The van der Waals surface area contributed by atoms with E-state index in [9.17, 15) is 4.79 Å². The molecular formula is C8H9NO2S. The molecule has 2 rings (SSSR count). The van der Waals surface area contributed by atoms with E-state index in [0.717, 1.165) is 0 Å². The number of rotatable bonds is 0. The predicted molar refractivity (Wildman–Crippen MR) is 47.9 cm³/mol. The molecule has 0 saturated heterocycles. The highest BCUT2D eigenvalue weighted by atomic mass is 32.2. The third kappa shape index (κ3) is 1.22. The van der Waals surface area contributed by atoms with Gasteiger partial charge in [0.25, 0.3) is 0 Å². The van der Waals surface area contributed by atoms with Crippen LogP contribution in [0.5, 0.6) is 0 Å². The molecule has 1 N–H and O–H groups in total. The molecule has 3 nitrogen and oxygen atoms in total. The van der Waals surface area contributed by atoms with Crippen molar-refractivity contribution in [3.63, 3.8) is 0 Å². The van der Waals surface area contributed by atoms with Gasteiger partial charge in [-0.2, -0.15) is 0 Å². The maximum atomic E-state index is 10.6. The number of fused-ring (bicyclic) bond motifs is 1. The molecule has 1 amide bonds. The third-order valence-electron chi connectivity index (χ3n) is 2.09. The number of hydrogen-bond donors (Lipinski definition) is 1. The van der Waals surface area contributed by atoms with E-state index in [0.29, 0.717) is 17.7 Å². The van der Waals surface area contributed by atoms with Crippen molar-refractivity contribution in [1.82, 2.24) is 4.90 Å². The molecule has 64 valence electrons. The Morgan fingerprint density at radius 3 is 3.17 bits per heavy atom. The van der Waals surface area contributed by atoms with E-state index >= 15 is 0 Å². The Morgan fingerprint density at radius 2 is 2.42 bits per heavy atom. The first kappa shape index (κ1) is 7.73. The van der Waals surface area contributed by atoms with Gasteiger partial charge in [0.15, 0.2) is 0 Å². The molecule has 12 heavy (non-hydrogen) atoms. The number of nitrogens with zero attached hydrogens (tertiary/aromatic N) is 1. The van der Waals surface area contributed by atoms with Gasteiger partial charge >= 0.3 is 6.09 Å². The van der Waals surface area contributed by atoms with E-state index in [4.69, 9.17) is 5.11 Å². The van der Waals surface area contributed by atoms with Crippen molar-refractivity contribution in [2.45, 2.75) is 5.25 Å². The summed E-state index contributed by atoms with van der Waals surface area (Å²) in [4.78, 5) is 11.9. The first-order valence-electron chi connectivity index (χ1n) is 3.77. The summed E-state index contributed by atoms with van der Waals surface area (Å²) in [6.45, 7) is 0.597. The lowest BCUT2D eigenvalue weighted by Gasteiger charge is -2.26. The molecule has 2 aliphatic rings. The average Bonchev–Trinajstić information content (AvgIpc) is 2.49. The van der Waals surface area contributed by atoms with Crippen LogP contribution in [0.3, 0.4) is 0 Å². The summed E-state index contributed by atoms with van der Waals surface area (Å²) in [7, 11) is 0. The van der Waals surface area contributed by atoms with Crippen LogP contribution in [0.2, 0.25) is 0 Å². The van der Waals surface area contributed by atoms with Crippen molar-refractivity contribution in [1.29, 1.82) is 0 Å². The zero-order chi connectivity index (χ0) is 8.55. The molecule has 0 aromatic rings. The minimum absolute atomic E-state index is 0.371. The molecule has 0 saturated carbocycles. The van der Waals surface area contributed by atoms with Crippen LogP contribution in [0.25, 0.3) is 0 Å². The minimum Gasteiger partial charge on any atom is -0.465 e. The van der Waals surface area contributed by atoms with Crippen molar-refractivity contribution in [2.75, 3.05) is 6.54 Å². The molecule has 2 atom stereocenters. The molecule has 0 bridgehead atoms. The first-order chi connectivity index (χ1) is 5.77. The van der Waals surface area contributed by atoms with Gasteiger partial charge in [0, 0.05) is 23.9 Å². The van der Waals surface area contributed by atoms with E-state index in [1.54, 1.807) is 18.0 Å². The summed E-state index contributed by atoms with van der Waals surface area (Å²) in [5.74, 6) is 0.371. The van der Waals surface area contributed by atoms with Gasteiger partial charge < -0.3 is 5.11 Å². The van der Waals surface area contributed by atoms with E-state index in [1.165, 1.54) is 4.90 Å². The van der Waals surface area contributed by atoms with Gasteiger partial charge in [-0.25, -0.2) is 4.79 Å². The van der Waals surface area contributed by atoms with Gasteiger partial charge in [-0.05, 0) is 5.41 Å². The predicted octanol–water partition coefficient (Wildman–Crippen LogP) is 1.74. The summed E-state index contributed by atoms with van der Waals surface area (Å²) >= 11 is 1.75. The largest absolute Gasteiger partial charge is 0.465 e. The fourth-order valence-corrected chi connectivity index (χ4v) is 2.43. The molecule has 4 heteroatoms. The number of carbonyl (C=O) groups is 1. The Balaban J connectivity index is 2.12. The van der Waals surface area contributed by atoms with Crippen LogP contribution >= 0.6 is 11.8 Å². The van der Waals surface area contributed by atoms with Crippen LogP contribution in [-0.4, -0.2) is 27.9 Å². The monoisotopic (exact) mass is 183 g/mol. The van der Waals surface area contributed by atoms with Gasteiger partial charge in [0.05, 0.1) is 0 Å². The van der Waals surface area contributed by atoms with E-state index in [2.05, 4.69) is 6.08 Å². The fourth-order valence-electron chi connectivity index (χ4n) is 1.42. The van der Waals surface area contributed by atoms with Gasteiger partial charge in [-0.1, -0.05) is 12.2 Å². The van der Waals surface area contributed by atoms with Crippen LogP contribution in [0, 0.1) is 5.92 Å². The van der Waals surface area contributed by atoms with Gasteiger partial charge in [-0.15, -0.1) is 11.8 Å². The third-order valence-corrected chi connectivity index (χ3v) is 3.23. The highest BCUT2D eigenvalue weighted by Gasteiger charge is 2.28. The van der Waals surface area contributed by atoms with E-state index < -0.39 is 6.09 Å². The maximum absolute atomic E-state index is 10.6. The van der Waals surface area contributed by atoms with Crippen LogP contribution in [-0.2, 0) is 0 Å². The fraction of sp³-hybridized carbons (Fsp3) is 0.375. The van der Waals surface area contributed by atoms with Crippen LogP contribution in [0.1, 0.15) is 0 Å². The van der Waals surface area contributed by atoms with E-state index in [-0.39, 0.29) is 0 Å². The Labute approximate surface area is 74.7 Å². The average molecular weight is 183 g/mol. The van der Waals surface area contributed by atoms with Gasteiger partial charge in [0.2, 0.25) is 0 Å². The Hall–Kier alpha value is -0.900. The number of amides is 1. The lowest BCUT2D eigenvalue weighted by atomic mass is 10.0. The Bertz CT molecular complexity index is 262. The molecular weight excluding hydrogens is 174 g/mol. The molecule has 2 unspecified atom stereocenters. The maximum Gasteiger partial charge on any atom is 0.411 e. The van der Waals surface area contributed by atoms with Crippen molar-refractivity contribution >= 4 is 17.9 Å². The zero-order valence-corrected chi connectivity index (χ0v) is 7.20. The number of hydrogen-bond acceptors (Lipinski definition) is 2. The quantitative estimate of drug-likeness (QED) is 0.622.